The van der Waals surface area contributed by atoms with Gasteiger partial charge in [-0.05, 0) is 45.2 Å². The molecule has 0 spiro atoms. The second-order valence-electron chi connectivity index (χ2n) is 5.60. The molecule has 0 saturated heterocycles. The van der Waals surface area contributed by atoms with Crippen molar-refractivity contribution in [3.05, 3.63) is 23.8 Å². The summed E-state index contributed by atoms with van der Waals surface area (Å²) in [7, 11) is 5.39. The van der Waals surface area contributed by atoms with Crippen molar-refractivity contribution in [3.8, 4) is 11.5 Å². The van der Waals surface area contributed by atoms with Crippen LogP contribution in [-0.4, -0.2) is 34.0 Å². The Kier molecular flexibility index (Phi) is 5.88. The molecule has 0 bridgehead atoms. The zero-order valence-electron chi connectivity index (χ0n) is 13.5. The highest BCUT2D eigenvalue weighted by Gasteiger charge is 2.32. The fourth-order valence-electron chi connectivity index (χ4n) is 3.08. The van der Waals surface area contributed by atoms with Crippen molar-refractivity contribution in [2.75, 3.05) is 27.9 Å². The predicted molar refractivity (Wildman–Crippen MR) is 84.1 cm³/mol. The highest BCUT2D eigenvalue weighted by molar-refractivity contribution is 5.42. The van der Waals surface area contributed by atoms with Crippen molar-refractivity contribution < 1.29 is 14.2 Å². The molecule has 0 amide bonds. The number of hydrogen-bond donors (Lipinski definition) is 1. The van der Waals surface area contributed by atoms with Crippen molar-refractivity contribution in [2.24, 2.45) is 5.92 Å². The Hall–Kier alpha value is -1.26. The van der Waals surface area contributed by atoms with Gasteiger partial charge >= 0.3 is 0 Å². The fourth-order valence-corrected chi connectivity index (χ4v) is 3.08. The Morgan fingerprint density at radius 3 is 2.57 bits per heavy atom. The zero-order valence-corrected chi connectivity index (χ0v) is 13.5. The average molecular weight is 293 g/mol. The minimum Gasteiger partial charge on any atom is -0.497 e. The Morgan fingerprint density at radius 1 is 1.24 bits per heavy atom. The summed E-state index contributed by atoms with van der Waals surface area (Å²) >= 11 is 0. The van der Waals surface area contributed by atoms with Crippen LogP contribution in [0.1, 0.15) is 37.8 Å². The van der Waals surface area contributed by atoms with Gasteiger partial charge in [0, 0.05) is 24.3 Å². The monoisotopic (exact) mass is 293 g/mol. The lowest BCUT2D eigenvalue weighted by Gasteiger charge is -2.37. The minimum absolute atomic E-state index is 0.304. The van der Waals surface area contributed by atoms with Gasteiger partial charge in [0.25, 0.3) is 0 Å². The third kappa shape index (κ3) is 3.89. The number of ether oxygens (including phenoxy) is 3. The fraction of sp³-hybridized carbons (Fsp3) is 0.647. The largest absolute Gasteiger partial charge is 0.497 e. The first-order valence-corrected chi connectivity index (χ1v) is 7.72. The van der Waals surface area contributed by atoms with Crippen molar-refractivity contribution in [2.45, 2.75) is 38.3 Å². The van der Waals surface area contributed by atoms with E-state index in [0.717, 1.165) is 30.4 Å². The van der Waals surface area contributed by atoms with E-state index < -0.39 is 0 Å². The maximum Gasteiger partial charge on any atom is 0.127 e. The molecule has 4 nitrogen and oxygen atoms in total. The molecule has 21 heavy (non-hydrogen) atoms. The van der Waals surface area contributed by atoms with Crippen molar-refractivity contribution in [3.63, 3.8) is 0 Å². The predicted octanol–water partition coefficient (Wildman–Crippen LogP) is 3.17. The first kappa shape index (κ1) is 16.1. The van der Waals surface area contributed by atoms with Crippen LogP contribution in [0.4, 0.5) is 0 Å². The van der Waals surface area contributed by atoms with Gasteiger partial charge in [0.15, 0.2) is 0 Å². The smallest absolute Gasteiger partial charge is 0.127 e. The van der Waals surface area contributed by atoms with Crippen LogP contribution in [0.15, 0.2) is 18.2 Å². The van der Waals surface area contributed by atoms with Gasteiger partial charge in [0.1, 0.15) is 11.5 Å². The molecule has 4 heteroatoms. The molecule has 1 unspecified atom stereocenters. The molecule has 1 aromatic carbocycles. The van der Waals surface area contributed by atoms with E-state index in [9.17, 15) is 0 Å². The number of methoxy groups -OCH3 is 2. The lowest BCUT2D eigenvalue weighted by molar-refractivity contribution is -0.0290. The van der Waals surface area contributed by atoms with E-state index >= 15 is 0 Å². The number of hydrogen-bond acceptors (Lipinski definition) is 4. The topological polar surface area (TPSA) is 39.7 Å². The molecule has 1 aromatic rings. The van der Waals surface area contributed by atoms with Gasteiger partial charge in [-0.25, -0.2) is 0 Å². The lowest BCUT2D eigenvalue weighted by atomic mass is 9.77. The van der Waals surface area contributed by atoms with E-state index in [1.165, 1.54) is 18.4 Å². The summed E-state index contributed by atoms with van der Waals surface area (Å²) in [6.07, 6.45) is 3.92. The number of nitrogens with one attached hydrogen (secondary N) is 1. The van der Waals surface area contributed by atoms with Gasteiger partial charge in [-0.3, -0.25) is 0 Å². The van der Waals surface area contributed by atoms with Crippen LogP contribution in [0.25, 0.3) is 0 Å². The van der Waals surface area contributed by atoms with Crippen molar-refractivity contribution in [1.82, 2.24) is 5.32 Å². The summed E-state index contributed by atoms with van der Waals surface area (Å²) in [5, 5.41) is 3.41. The molecule has 0 heterocycles. The third-order valence-corrected chi connectivity index (χ3v) is 4.33. The van der Waals surface area contributed by atoms with Crippen LogP contribution < -0.4 is 14.8 Å². The number of benzene rings is 1. The molecule has 1 aliphatic carbocycles. The maximum atomic E-state index is 5.64. The summed E-state index contributed by atoms with van der Waals surface area (Å²) < 4.78 is 16.4. The minimum atomic E-state index is 0.304. The van der Waals surface area contributed by atoms with E-state index in [2.05, 4.69) is 18.3 Å². The summed E-state index contributed by atoms with van der Waals surface area (Å²) in [5.74, 6) is 2.44. The van der Waals surface area contributed by atoms with Gasteiger partial charge in [-0.1, -0.05) is 6.07 Å². The summed E-state index contributed by atoms with van der Waals surface area (Å²) in [6, 6.07) is 6.34. The molecule has 0 radical (unpaired) electrons. The Morgan fingerprint density at radius 2 is 2.00 bits per heavy atom. The molecule has 1 saturated carbocycles. The standard InChI is InChI=1S/C17H27NO3/c1-5-21-14-8-12(9-14)10-16(18-2)15-7-6-13(19-3)11-17(15)20-4/h6-7,11-12,14,16,18H,5,8-10H2,1-4H3. The molecular formula is C17H27NO3. The van der Waals surface area contributed by atoms with Crippen LogP contribution in [0.5, 0.6) is 11.5 Å². The maximum absolute atomic E-state index is 5.64. The molecule has 2 rings (SSSR count). The third-order valence-electron chi connectivity index (χ3n) is 4.33. The highest BCUT2D eigenvalue weighted by Crippen LogP contribution is 2.39. The molecule has 1 aliphatic rings. The molecule has 1 fully saturated rings. The molecular weight excluding hydrogens is 266 g/mol. The first-order chi connectivity index (χ1) is 10.2. The Balaban J connectivity index is 2.01. The van der Waals surface area contributed by atoms with Gasteiger partial charge in [0.2, 0.25) is 0 Å². The van der Waals surface area contributed by atoms with E-state index in [0.29, 0.717) is 12.1 Å². The lowest BCUT2D eigenvalue weighted by Crippen LogP contribution is -2.34. The first-order valence-electron chi connectivity index (χ1n) is 7.72. The van der Waals surface area contributed by atoms with Crippen LogP contribution in [0.2, 0.25) is 0 Å². The summed E-state index contributed by atoms with van der Waals surface area (Å²) in [4.78, 5) is 0. The summed E-state index contributed by atoms with van der Waals surface area (Å²) in [6.45, 7) is 2.88. The van der Waals surface area contributed by atoms with Gasteiger partial charge in [0.05, 0.1) is 20.3 Å². The molecule has 1 atom stereocenters. The Labute approximate surface area is 127 Å². The Bertz CT molecular complexity index is 444. The molecule has 118 valence electrons. The van der Waals surface area contributed by atoms with Gasteiger partial charge < -0.3 is 19.5 Å². The highest BCUT2D eigenvalue weighted by atomic mass is 16.5. The van der Waals surface area contributed by atoms with Crippen LogP contribution in [-0.2, 0) is 4.74 Å². The van der Waals surface area contributed by atoms with Crippen LogP contribution in [0.3, 0.4) is 0 Å². The van der Waals surface area contributed by atoms with Crippen molar-refractivity contribution in [1.29, 1.82) is 0 Å². The normalized spacial score (nSPS) is 22.5. The SMILES string of the molecule is CCOC1CC(CC(NC)c2ccc(OC)cc2OC)C1. The van der Waals surface area contributed by atoms with E-state index in [1.807, 2.05) is 19.2 Å². The van der Waals surface area contributed by atoms with E-state index in [4.69, 9.17) is 14.2 Å². The molecule has 0 aromatic heterocycles. The van der Waals surface area contributed by atoms with Crippen LogP contribution in [0, 0.1) is 5.92 Å². The average Bonchev–Trinajstić information content (AvgIpc) is 2.49. The summed E-state index contributed by atoms with van der Waals surface area (Å²) in [5.41, 5.74) is 1.20. The van der Waals surface area contributed by atoms with Gasteiger partial charge in [-0.2, -0.15) is 0 Å². The van der Waals surface area contributed by atoms with Crippen molar-refractivity contribution >= 4 is 0 Å². The van der Waals surface area contributed by atoms with Gasteiger partial charge in [-0.15, -0.1) is 0 Å². The molecule has 1 N–H and O–H groups in total. The van der Waals surface area contributed by atoms with Crippen LogP contribution >= 0.6 is 0 Å². The molecule has 0 aliphatic heterocycles. The van der Waals surface area contributed by atoms with E-state index in [-0.39, 0.29) is 0 Å². The second kappa shape index (κ2) is 7.66. The van der Waals surface area contributed by atoms with E-state index in [1.54, 1.807) is 14.2 Å². The number of rotatable bonds is 8. The second-order valence-corrected chi connectivity index (χ2v) is 5.60. The zero-order chi connectivity index (χ0) is 15.2. The quantitative estimate of drug-likeness (QED) is 0.799.